The Bertz CT molecular complexity index is 51.7. The summed E-state index contributed by atoms with van der Waals surface area (Å²) in [5.74, 6) is 0. The molecule has 1 heterocycles. The third-order valence-corrected chi connectivity index (χ3v) is 0.908. The minimum atomic E-state index is -0.186. The number of nitrogens with two attached hydrogens (primary N) is 1. The van der Waals surface area contributed by atoms with E-state index in [9.17, 15) is 0 Å². The fourth-order valence-corrected chi connectivity index (χ4v) is 0.527. The van der Waals surface area contributed by atoms with Gasteiger partial charge in [-0.25, -0.2) is 9.78 Å². The van der Waals surface area contributed by atoms with Gasteiger partial charge in [-0.15, -0.1) is 0 Å². The van der Waals surface area contributed by atoms with E-state index in [0.29, 0.717) is 6.61 Å². The van der Waals surface area contributed by atoms with Crippen LogP contribution in [-0.2, 0) is 9.78 Å². The quantitative estimate of drug-likeness (QED) is 0.439. The van der Waals surface area contributed by atoms with Crippen molar-refractivity contribution in [3.8, 4) is 0 Å². The average Bonchev–Trinajstić information content (AvgIpc) is 1.69. The molecule has 1 aliphatic rings. The molecule has 0 aliphatic carbocycles. The predicted octanol–water partition coefficient (Wildman–Crippen LogP) is 0.0132. The van der Waals surface area contributed by atoms with E-state index in [1.54, 1.807) is 0 Å². The molecular formula is C4H9NO2. The van der Waals surface area contributed by atoms with Gasteiger partial charge in [0.2, 0.25) is 0 Å². The Hall–Kier alpha value is -0.120. The first-order chi connectivity index (χ1) is 3.39. The molecule has 0 saturated carbocycles. The average molecular weight is 103 g/mol. The van der Waals surface area contributed by atoms with Crippen molar-refractivity contribution in [2.24, 2.45) is 5.73 Å². The molecule has 1 rings (SSSR count). The van der Waals surface area contributed by atoms with Gasteiger partial charge in [-0.05, 0) is 12.8 Å². The van der Waals surface area contributed by atoms with Crippen LogP contribution in [0.2, 0.25) is 0 Å². The first kappa shape index (κ1) is 5.03. The second-order valence-electron chi connectivity index (χ2n) is 1.60. The molecule has 1 atom stereocenters. The summed E-state index contributed by atoms with van der Waals surface area (Å²) >= 11 is 0. The van der Waals surface area contributed by atoms with E-state index in [2.05, 4.69) is 9.78 Å². The summed E-state index contributed by atoms with van der Waals surface area (Å²) in [4.78, 5) is 9.11. The molecule has 0 amide bonds. The lowest BCUT2D eigenvalue weighted by atomic mass is 10.3. The molecule has 0 spiro atoms. The van der Waals surface area contributed by atoms with E-state index in [1.165, 1.54) is 0 Å². The lowest BCUT2D eigenvalue weighted by molar-refractivity contribution is -0.343. The van der Waals surface area contributed by atoms with Crippen molar-refractivity contribution < 1.29 is 9.78 Å². The van der Waals surface area contributed by atoms with Crippen LogP contribution in [0.15, 0.2) is 0 Å². The van der Waals surface area contributed by atoms with Gasteiger partial charge in [-0.2, -0.15) is 0 Å². The van der Waals surface area contributed by atoms with Crippen LogP contribution in [0.1, 0.15) is 12.8 Å². The maximum atomic E-state index is 5.29. The normalized spacial score (nSPS) is 33.0. The highest BCUT2D eigenvalue weighted by Gasteiger charge is 2.07. The summed E-state index contributed by atoms with van der Waals surface area (Å²) in [5.41, 5.74) is 5.29. The van der Waals surface area contributed by atoms with Crippen LogP contribution in [0.3, 0.4) is 0 Å². The molecule has 42 valence electrons. The van der Waals surface area contributed by atoms with Gasteiger partial charge in [0.1, 0.15) is 6.23 Å². The highest BCUT2D eigenvalue weighted by molar-refractivity contribution is 4.47. The molecule has 7 heavy (non-hydrogen) atoms. The standard InChI is InChI=1S/C4H9NO2/c5-4-2-1-3-6-7-4/h4H,1-3,5H2. The topological polar surface area (TPSA) is 44.5 Å². The maximum Gasteiger partial charge on any atom is 0.141 e. The van der Waals surface area contributed by atoms with E-state index in [-0.39, 0.29) is 6.23 Å². The molecule has 2 N–H and O–H groups in total. The van der Waals surface area contributed by atoms with Crippen molar-refractivity contribution in [1.82, 2.24) is 0 Å². The summed E-state index contributed by atoms with van der Waals surface area (Å²) in [6.07, 6.45) is 1.75. The summed E-state index contributed by atoms with van der Waals surface area (Å²) in [6, 6.07) is 0. The van der Waals surface area contributed by atoms with E-state index in [1.807, 2.05) is 0 Å². The third-order valence-electron chi connectivity index (χ3n) is 0.908. The monoisotopic (exact) mass is 103 g/mol. The van der Waals surface area contributed by atoms with Gasteiger partial charge in [-0.3, -0.25) is 0 Å². The smallest absolute Gasteiger partial charge is 0.141 e. The number of rotatable bonds is 0. The molecule has 0 aromatic carbocycles. The Balaban J connectivity index is 2.12. The van der Waals surface area contributed by atoms with Gasteiger partial charge in [-0.1, -0.05) is 0 Å². The van der Waals surface area contributed by atoms with Crippen LogP contribution in [0.25, 0.3) is 0 Å². The van der Waals surface area contributed by atoms with Crippen molar-refractivity contribution >= 4 is 0 Å². The first-order valence-electron chi connectivity index (χ1n) is 2.43. The van der Waals surface area contributed by atoms with E-state index < -0.39 is 0 Å². The summed E-state index contributed by atoms with van der Waals surface area (Å²) in [6.45, 7) is 0.688. The predicted molar refractivity (Wildman–Crippen MR) is 24.2 cm³/mol. The SMILES string of the molecule is NC1CCCOO1. The van der Waals surface area contributed by atoms with Crippen LogP contribution in [0.5, 0.6) is 0 Å². The van der Waals surface area contributed by atoms with Gasteiger partial charge < -0.3 is 5.73 Å². The van der Waals surface area contributed by atoms with E-state index in [4.69, 9.17) is 5.73 Å². The Kier molecular flexibility index (Phi) is 1.62. The van der Waals surface area contributed by atoms with Crippen molar-refractivity contribution in [2.45, 2.75) is 19.1 Å². The highest BCUT2D eigenvalue weighted by Crippen LogP contribution is 2.03. The van der Waals surface area contributed by atoms with Crippen molar-refractivity contribution in [3.05, 3.63) is 0 Å². The molecule has 3 heteroatoms. The minimum absolute atomic E-state index is 0.186. The maximum absolute atomic E-state index is 5.29. The van der Waals surface area contributed by atoms with Crippen molar-refractivity contribution in [1.29, 1.82) is 0 Å². The van der Waals surface area contributed by atoms with Crippen LogP contribution >= 0.6 is 0 Å². The zero-order chi connectivity index (χ0) is 5.11. The second-order valence-corrected chi connectivity index (χ2v) is 1.60. The zero-order valence-corrected chi connectivity index (χ0v) is 4.09. The molecule has 1 saturated heterocycles. The van der Waals surface area contributed by atoms with Crippen LogP contribution < -0.4 is 5.73 Å². The molecule has 1 aliphatic heterocycles. The molecule has 1 fully saturated rings. The largest absolute Gasteiger partial charge is 0.303 e. The van der Waals surface area contributed by atoms with Gasteiger partial charge in [0, 0.05) is 0 Å². The zero-order valence-electron chi connectivity index (χ0n) is 4.09. The molecule has 0 radical (unpaired) electrons. The van der Waals surface area contributed by atoms with Gasteiger partial charge in [0.25, 0.3) is 0 Å². The summed E-state index contributed by atoms with van der Waals surface area (Å²) < 4.78 is 0. The molecule has 1 unspecified atom stereocenters. The van der Waals surface area contributed by atoms with E-state index >= 15 is 0 Å². The van der Waals surface area contributed by atoms with E-state index in [0.717, 1.165) is 12.8 Å². The summed E-state index contributed by atoms with van der Waals surface area (Å²) in [7, 11) is 0. The third kappa shape index (κ3) is 1.43. The molecule has 0 bridgehead atoms. The Morgan fingerprint density at radius 2 is 2.43 bits per heavy atom. The first-order valence-corrected chi connectivity index (χ1v) is 2.43. The molecule has 0 aromatic heterocycles. The second kappa shape index (κ2) is 2.26. The van der Waals surface area contributed by atoms with Crippen LogP contribution in [0, 0.1) is 0 Å². The fraction of sp³-hybridized carbons (Fsp3) is 1.00. The minimum Gasteiger partial charge on any atom is -0.303 e. The molecule has 3 nitrogen and oxygen atoms in total. The lowest BCUT2D eigenvalue weighted by Gasteiger charge is -2.15. The van der Waals surface area contributed by atoms with Gasteiger partial charge in [0.05, 0.1) is 6.61 Å². The van der Waals surface area contributed by atoms with Crippen LogP contribution in [-0.4, -0.2) is 12.8 Å². The van der Waals surface area contributed by atoms with Gasteiger partial charge >= 0.3 is 0 Å². The number of hydrogen-bond donors (Lipinski definition) is 1. The number of hydrogen-bond acceptors (Lipinski definition) is 3. The summed E-state index contributed by atoms with van der Waals surface area (Å²) in [5, 5.41) is 0. The fourth-order valence-electron chi connectivity index (χ4n) is 0.527. The van der Waals surface area contributed by atoms with Crippen molar-refractivity contribution in [3.63, 3.8) is 0 Å². The Morgan fingerprint density at radius 1 is 1.57 bits per heavy atom. The highest BCUT2D eigenvalue weighted by atomic mass is 17.2. The Labute approximate surface area is 42.3 Å². The molecule has 0 aromatic rings. The van der Waals surface area contributed by atoms with Crippen molar-refractivity contribution in [2.75, 3.05) is 6.61 Å². The van der Waals surface area contributed by atoms with Gasteiger partial charge in [0.15, 0.2) is 0 Å². The Morgan fingerprint density at radius 3 is 2.71 bits per heavy atom. The molecular weight excluding hydrogens is 94.0 g/mol. The lowest BCUT2D eigenvalue weighted by Crippen LogP contribution is -2.28. The van der Waals surface area contributed by atoms with Crippen LogP contribution in [0.4, 0.5) is 0 Å².